The lowest BCUT2D eigenvalue weighted by atomic mass is 9.94. The van der Waals surface area contributed by atoms with Gasteiger partial charge in [-0.25, -0.2) is 9.97 Å². The number of amides is 1. The minimum atomic E-state index is -4.48. The van der Waals surface area contributed by atoms with E-state index in [1.54, 1.807) is 11.8 Å². The van der Waals surface area contributed by atoms with Crippen LogP contribution in [0.15, 0.2) is 24.7 Å². The van der Waals surface area contributed by atoms with Crippen molar-refractivity contribution in [2.24, 2.45) is 11.7 Å². The lowest BCUT2D eigenvalue weighted by Crippen LogP contribution is -2.48. The fourth-order valence-electron chi connectivity index (χ4n) is 3.80. The van der Waals surface area contributed by atoms with Gasteiger partial charge in [0.15, 0.2) is 11.6 Å². The Hall–Kier alpha value is -3.06. The highest BCUT2D eigenvalue weighted by atomic mass is 19.4. The number of carbonyl (C=O) groups excluding carboxylic acids is 1. The molecule has 9 nitrogen and oxygen atoms in total. The van der Waals surface area contributed by atoms with E-state index < -0.39 is 29.6 Å². The third kappa shape index (κ3) is 6.50. The van der Waals surface area contributed by atoms with E-state index in [1.807, 2.05) is 0 Å². The van der Waals surface area contributed by atoms with Crippen molar-refractivity contribution in [3.63, 3.8) is 0 Å². The minimum absolute atomic E-state index is 0.0153. The highest BCUT2D eigenvalue weighted by Crippen LogP contribution is 2.29. The maximum atomic E-state index is 15.2. The van der Waals surface area contributed by atoms with Gasteiger partial charge in [0, 0.05) is 31.7 Å². The normalized spacial score (nSPS) is 19.1. The number of nitrogens with zero attached hydrogens (tertiary/aromatic N) is 5. The SMILES string of the molecule is CCN(Cc1ccc(C(F)(F)F)cn1)c1ncnc(NCC2CCN(CC(N)=O)CC2O)c1F. The molecule has 3 heterocycles. The molecule has 0 bridgehead atoms. The van der Waals surface area contributed by atoms with Crippen LogP contribution >= 0.6 is 0 Å². The third-order valence-electron chi connectivity index (χ3n) is 5.67. The summed E-state index contributed by atoms with van der Waals surface area (Å²) in [6.07, 6.45) is -2.69. The van der Waals surface area contributed by atoms with E-state index in [0.29, 0.717) is 25.2 Å². The Morgan fingerprint density at radius 3 is 2.68 bits per heavy atom. The number of aliphatic hydroxyl groups excluding tert-OH is 1. The Kier molecular flexibility index (Phi) is 8.20. The predicted molar refractivity (Wildman–Crippen MR) is 116 cm³/mol. The number of alkyl halides is 3. The van der Waals surface area contributed by atoms with E-state index in [1.165, 1.54) is 17.3 Å². The molecule has 2 unspecified atom stereocenters. The molecule has 0 radical (unpaired) electrons. The van der Waals surface area contributed by atoms with Crippen LogP contribution in [0.25, 0.3) is 0 Å². The average molecular weight is 485 g/mol. The summed E-state index contributed by atoms with van der Waals surface area (Å²) in [5.74, 6) is -1.42. The Bertz CT molecular complexity index is 975. The van der Waals surface area contributed by atoms with Gasteiger partial charge >= 0.3 is 6.18 Å². The molecule has 2 atom stereocenters. The molecule has 1 fully saturated rings. The standard InChI is InChI=1S/C21H27F4N7O2/c1-2-32(9-15-4-3-14(8-27-15)21(23,24)25)20-18(22)19(29-12-30-20)28-7-13-5-6-31(10-16(13)33)11-17(26)34/h3-4,8,12-13,16,33H,2,5-7,9-11H2,1H3,(H2,26,34)(H,28,29,30). The Balaban J connectivity index is 1.64. The van der Waals surface area contributed by atoms with Crippen LogP contribution in [0.2, 0.25) is 0 Å². The van der Waals surface area contributed by atoms with Crippen LogP contribution in [0, 0.1) is 11.7 Å². The zero-order valence-electron chi connectivity index (χ0n) is 18.6. The van der Waals surface area contributed by atoms with Gasteiger partial charge in [0.2, 0.25) is 11.7 Å². The second kappa shape index (κ2) is 10.9. The summed E-state index contributed by atoms with van der Waals surface area (Å²) in [6, 6.07) is 2.18. The van der Waals surface area contributed by atoms with Crippen molar-refractivity contribution < 1.29 is 27.5 Å². The smallest absolute Gasteiger partial charge is 0.391 e. The van der Waals surface area contributed by atoms with E-state index in [9.17, 15) is 23.1 Å². The number of pyridine rings is 1. The lowest BCUT2D eigenvalue weighted by molar-refractivity contribution is -0.137. The first-order valence-electron chi connectivity index (χ1n) is 10.8. The fraction of sp³-hybridized carbons (Fsp3) is 0.524. The molecule has 2 aromatic heterocycles. The van der Waals surface area contributed by atoms with E-state index in [2.05, 4.69) is 20.3 Å². The molecule has 1 amide bonds. The summed E-state index contributed by atoms with van der Waals surface area (Å²) in [5.41, 5.74) is 4.66. The number of hydrogen-bond donors (Lipinski definition) is 3. The van der Waals surface area contributed by atoms with Crippen molar-refractivity contribution in [1.29, 1.82) is 0 Å². The largest absolute Gasteiger partial charge is 0.417 e. The third-order valence-corrected chi connectivity index (χ3v) is 5.67. The zero-order valence-corrected chi connectivity index (χ0v) is 18.6. The summed E-state index contributed by atoms with van der Waals surface area (Å²) in [7, 11) is 0. The first-order chi connectivity index (χ1) is 16.1. The van der Waals surface area contributed by atoms with Crippen LogP contribution in [0.5, 0.6) is 0 Å². The van der Waals surface area contributed by atoms with Crippen LogP contribution < -0.4 is 16.0 Å². The average Bonchev–Trinajstić information content (AvgIpc) is 2.77. The van der Waals surface area contributed by atoms with Crippen LogP contribution in [0.1, 0.15) is 24.6 Å². The summed E-state index contributed by atoms with van der Waals surface area (Å²) in [5, 5.41) is 13.3. The minimum Gasteiger partial charge on any atom is -0.391 e. The summed E-state index contributed by atoms with van der Waals surface area (Å²) in [4.78, 5) is 26.2. The predicted octanol–water partition coefficient (Wildman–Crippen LogP) is 1.64. The van der Waals surface area contributed by atoms with Crippen molar-refractivity contribution in [2.75, 3.05) is 42.9 Å². The molecular formula is C21H27F4N7O2. The molecule has 3 rings (SSSR count). The first kappa shape index (κ1) is 25.6. The monoisotopic (exact) mass is 485 g/mol. The quantitative estimate of drug-likeness (QED) is 0.459. The van der Waals surface area contributed by atoms with Crippen molar-refractivity contribution in [3.05, 3.63) is 41.7 Å². The molecule has 0 spiro atoms. The van der Waals surface area contributed by atoms with Gasteiger partial charge < -0.3 is 21.1 Å². The van der Waals surface area contributed by atoms with E-state index in [4.69, 9.17) is 5.73 Å². The van der Waals surface area contributed by atoms with Gasteiger partial charge in [0.25, 0.3) is 0 Å². The number of likely N-dealkylation sites (tertiary alicyclic amines) is 1. The van der Waals surface area contributed by atoms with Crippen molar-refractivity contribution in [2.45, 2.75) is 32.2 Å². The summed E-state index contributed by atoms with van der Waals surface area (Å²) < 4.78 is 53.4. The summed E-state index contributed by atoms with van der Waals surface area (Å²) >= 11 is 0. The van der Waals surface area contributed by atoms with Crippen LogP contribution in [-0.4, -0.2) is 69.7 Å². The Morgan fingerprint density at radius 2 is 2.09 bits per heavy atom. The molecule has 0 aliphatic carbocycles. The van der Waals surface area contributed by atoms with Gasteiger partial charge in [-0.05, 0) is 32.0 Å². The molecular weight excluding hydrogens is 458 g/mol. The Morgan fingerprint density at radius 1 is 1.32 bits per heavy atom. The maximum absolute atomic E-state index is 15.2. The van der Waals surface area contributed by atoms with Gasteiger partial charge in [-0.15, -0.1) is 0 Å². The van der Waals surface area contributed by atoms with Crippen LogP contribution in [0.3, 0.4) is 0 Å². The molecule has 34 heavy (non-hydrogen) atoms. The molecule has 0 aromatic carbocycles. The number of nitrogens with one attached hydrogen (secondary N) is 1. The maximum Gasteiger partial charge on any atom is 0.417 e. The van der Waals surface area contributed by atoms with Gasteiger partial charge in [-0.3, -0.25) is 14.7 Å². The topological polar surface area (TPSA) is 121 Å². The number of β-amino-alcohol motifs (C(OH)–C–C–N with tert-alkyl or cyclic N) is 1. The molecule has 4 N–H and O–H groups in total. The molecule has 1 aliphatic heterocycles. The number of hydrogen-bond acceptors (Lipinski definition) is 8. The van der Waals surface area contributed by atoms with Crippen molar-refractivity contribution >= 4 is 17.5 Å². The number of anilines is 2. The summed E-state index contributed by atoms with van der Waals surface area (Å²) in [6.45, 7) is 3.33. The fourth-order valence-corrected chi connectivity index (χ4v) is 3.80. The lowest BCUT2D eigenvalue weighted by Gasteiger charge is -2.35. The number of piperidine rings is 1. The number of aliphatic hydroxyl groups is 1. The van der Waals surface area contributed by atoms with Gasteiger partial charge in [0.05, 0.1) is 30.5 Å². The molecule has 1 saturated heterocycles. The Labute approximate surface area is 194 Å². The molecule has 2 aromatic rings. The van der Waals surface area contributed by atoms with E-state index in [0.717, 1.165) is 12.3 Å². The number of halogens is 4. The highest BCUT2D eigenvalue weighted by molar-refractivity contribution is 5.75. The zero-order chi connectivity index (χ0) is 24.9. The number of primary amides is 1. The van der Waals surface area contributed by atoms with Crippen molar-refractivity contribution in [1.82, 2.24) is 19.9 Å². The molecule has 13 heteroatoms. The number of aromatic nitrogens is 3. The number of carbonyl (C=O) groups is 1. The molecule has 1 aliphatic rings. The second-order valence-corrected chi connectivity index (χ2v) is 8.11. The number of nitrogens with two attached hydrogens (primary N) is 1. The van der Waals surface area contributed by atoms with Crippen LogP contribution in [-0.2, 0) is 17.5 Å². The first-order valence-corrected chi connectivity index (χ1v) is 10.8. The number of rotatable bonds is 9. The van der Waals surface area contributed by atoms with Gasteiger partial charge in [-0.1, -0.05) is 0 Å². The second-order valence-electron chi connectivity index (χ2n) is 8.11. The van der Waals surface area contributed by atoms with Crippen molar-refractivity contribution in [3.8, 4) is 0 Å². The van der Waals surface area contributed by atoms with E-state index >= 15 is 4.39 Å². The van der Waals surface area contributed by atoms with E-state index in [-0.39, 0.29) is 43.7 Å². The highest BCUT2D eigenvalue weighted by Gasteiger charge is 2.31. The molecule has 0 saturated carbocycles. The van der Waals surface area contributed by atoms with Crippen LogP contribution in [0.4, 0.5) is 29.2 Å². The molecule has 186 valence electrons. The van der Waals surface area contributed by atoms with Gasteiger partial charge in [0.1, 0.15) is 6.33 Å². The van der Waals surface area contributed by atoms with Gasteiger partial charge in [-0.2, -0.15) is 17.6 Å².